The molecule has 0 aliphatic heterocycles. The molecule has 0 fully saturated rings. The third-order valence-corrected chi connectivity index (χ3v) is 4.83. The van der Waals surface area contributed by atoms with Crippen molar-refractivity contribution in [3.05, 3.63) is 56.8 Å². The van der Waals surface area contributed by atoms with Crippen LogP contribution in [0, 0.1) is 13.8 Å². The lowest BCUT2D eigenvalue weighted by Gasteiger charge is -2.14. The Bertz CT molecular complexity index is 573. The van der Waals surface area contributed by atoms with E-state index in [4.69, 9.17) is 0 Å². The fourth-order valence-electron chi connectivity index (χ4n) is 2.50. The van der Waals surface area contributed by atoms with Gasteiger partial charge in [0.25, 0.3) is 0 Å². The van der Waals surface area contributed by atoms with E-state index in [9.17, 15) is 0 Å². The molecule has 1 aromatic carbocycles. The van der Waals surface area contributed by atoms with Crippen LogP contribution in [0.3, 0.4) is 0 Å². The summed E-state index contributed by atoms with van der Waals surface area (Å²) < 4.78 is 0. The first-order chi connectivity index (χ1) is 8.25. The molecule has 86 valence electrons. The van der Waals surface area contributed by atoms with Crippen molar-refractivity contribution in [2.24, 2.45) is 0 Å². The summed E-state index contributed by atoms with van der Waals surface area (Å²) in [5, 5.41) is 0. The zero-order valence-electron chi connectivity index (χ0n) is 10.3. The van der Waals surface area contributed by atoms with E-state index in [1.165, 1.54) is 39.3 Å². The summed E-state index contributed by atoms with van der Waals surface area (Å²) in [7, 11) is 0. The van der Waals surface area contributed by atoms with E-state index in [1.807, 2.05) is 11.3 Å². The van der Waals surface area contributed by atoms with Gasteiger partial charge in [-0.25, -0.2) is 0 Å². The van der Waals surface area contributed by atoms with E-state index in [0.29, 0.717) is 0 Å². The number of fused-ring (bicyclic) bond motifs is 1. The van der Waals surface area contributed by atoms with Gasteiger partial charge in [-0.15, -0.1) is 11.3 Å². The molecule has 3 rings (SSSR count). The first kappa shape index (κ1) is 10.8. The Morgan fingerprint density at radius 2 is 1.76 bits per heavy atom. The second-order valence-electron chi connectivity index (χ2n) is 4.66. The first-order valence-corrected chi connectivity index (χ1v) is 6.92. The van der Waals surface area contributed by atoms with Crippen LogP contribution in [0.2, 0.25) is 0 Å². The van der Waals surface area contributed by atoms with E-state index in [-0.39, 0.29) is 0 Å². The first-order valence-electron chi connectivity index (χ1n) is 6.10. The highest BCUT2D eigenvalue weighted by Gasteiger charge is 2.16. The molecule has 2 aromatic rings. The largest absolute Gasteiger partial charge is 0.141 e. The van der Waals surface area contributed by atoms with Crippen LogP contribution < -0.4 is 0 Å². The summed E-state index contributed by atoms with van der Waals surface area (Å²) in [6.45, 7) is 4.49. The maximum atomic E-state index is 2.39. The Balaban J connectivity index is 2.06. The Hall–Kier alpha value is -1.34. The topological polar surface area (TPSA) is 0 Å². The highest BCUT2D eigenvalue weighted by molar-refractivity contribution is 7.13. The van der Waals surface area contributed by atoms with Crippen LogP contribution in [-0.4, -0.2) is 0 Å². The third-order valence-electron chi connectivity index (χ3n) is 3.64. The fraction of sp³-hybridized carbons (Fsp3) is 0.250. The summed E-state index contributed by atoms with van der Waals surface area (Å²) in [4.78, 5) is 2.95. The van der Waals surface area contributed by atoms with Crippen LogP contribution in [0.4, 0.5) is 0 Å². The van der Waals surface area contributed by atoms with Crippen molar-refractivity contribution < 1.29 is 0 Å². The van der Waals surface area contributed by atoms with E-state index in [0.717, 1.165) is 0 Å². The minimum Gasteiger partial charge on any atom is -0.141 e. The molecule has 1 heteroatoms. The Labute approximate surface area is 107 Å². The molecule has 1 aliphatic carbocycles. The predicted molar refractivity (Wildman–Crippen MR) is 76.4 cm³/mol. The molecular weight excluding hydrogens is 224 g/mol. The molecule has 0 radical (unpaired) electrons. The lowest BCUT2D eigenvalue weighted by Crippen LogP contribution is -1.97. The van der Waals surface area contributed by atoms with E-state index < -0.39 is 0 Å². The normalized spacial score (nSPS) is 14.4. The van der Waals surface area contributed by atoms with Crippen LogP contribution in [0.15, 0.2) is 30.3 Å². The van der Waals surface area contributed by atoms with Gasteiger partial charge >= 0.3 is 0 Å². The Morgan fingerprint density at radius 1 is 1.00 bits per heavy atom. The maximum Gasteiger partial charge on any atom is 0.0310 e. The molecule has 0 N–H and O–H groups in total. The number of benzene rings is 1. The average Bonchev–Trinajstić information content (AvgIpc) is 2.66. The van der Waals surface area contributed by atoms with Crippen molar-refractivity contribution in [1.82, 2.24) is 0 Å². The lowest BCUT2D eigenvalue weighted by molar-refractivity contribution is 0.996. The molecule has 17 heavy (non-hydrogen) atoms. The van der Waals surface area contributed by atoms with Gasteiger partial charge in [0.2, 0.25) is 0 Å². The zero-order valence-corrected chi connectivity index (χ0v) is 11.1. The molecule has 0 unspecified atom stereocenters. The molecule has 0 saturated carbocycles. The summed E-state index contributed by atoms with van der Waals surface area (Å²) in [6.07, 6.45) is 4.76. The van der Waals surface area contributed by atoms with Crippen molar-refractivity contribution >= 4 is 23.0 Å². The molecular formula is C16H16S. The fourth-order valence-corrected chi connectivity index (χ4v) is 3.68. The van der Waals surface area contributed by atoms with Crippen LogP contribution in [0.1, 0.15) is 32.9 Å². The molecule has 1 aliphatic rings. The van der Waals surface area contributed by atoms with Gasteiger partial charge in [0.05, 0.1) is 0 Å². The van der Waals surface area contributed by atoms with Crippen molar-refractivity contribution in [2.45, 2.75) is 26.7 Å². The van der Waals surface area contributed by atoms with Crippen molar-refractivity contribution in [1.29, 1.82) is 0 Å². The smallest absolute Gasteiger partial charge is 0.0310 e. The van der Waals surface area contributed by atoms with Crippen LogP contribution >= 0.6 is 11.3 Å². The van der Waals surface area contributed by atoms with E-state index in [1.54, 1.807) is 5.56 Å². The van der Waals surface area contributed by atoms with Gasteiger partial charge < -0.3 is 0 Å². The second-order valence-corrected chi connectivity index (χ2v) is 5.92. The quantitative estimate of drug-likeness (QED) is 0.668. The van der Waals surface area contributed by atoms with E-state index >= 15 is 0 Å². The van der Waals surface area contributed by atoms with Gasteiger partial charge in [0.15, 0.2) is 0 Å². The van der Waals surface area contributed by atoms with Gasteiger partial charge in [-0.3, -0.25) is 0 Å². The van der Waals surface area contributed by atoms with Gasteiger partial charge in [0.1, 0.15) is 0 Å². The number of hydrogen-bond acceptors (Lipinski definition) is 1. The predicted octanol–water partition coefficient (Wildman–Crippen LogP) is 4.85. The zero-order chi connectivity index (χ0) is 11.8. The highest BCUT2D eigenvalue weighted by Crippen LogP contribution is 2.37. The summed E-state index contributed by atoms with van der Waals surface area (Å²) in [5.74, 6) is 0. The SMILES string of the molecule is Cc1sc2c(c1C)CCC(c1ccccc1)=C2. The van der Waals surface area contributed by atoms with Crippen LogP contribution in [0.25, 0.3) is 11.6 Å². The van der Waals surface area contributed by atoms with E-state index in [2.05, 4.69) is 50.3 Å². The number of allylic oxidation sites excluding steroid dienone is 1. The van der Waals surface area contributed by atoms with Gasteiger partial charge in [-0.2, -0.15) is 0 Å². The summed E-state index contributed by atoms with van der Waals surface area (Å²) in [5.41, 5.74) is 5.95. The monoisotopic (exact) mass is 240 g/mol. The van der Waals surface area contributed by atoms with Crippen LogP contribution in [-0.2, 0) is 6.42 Å². The molecule has 0 nitrogen and oxygen atoms in total. The summed E-state index contributed by atoms with van der Waals surface area (Å²) in [6, 6.07) is 10.7. The standard InChI is InChI=1S/C16H16S/c1-11-12(2)17-16-10-14(8-9-15(11)16)13-6-4-3-5-7-13/h3-7,10H,8-9H2,1-2H3. The average molecular weight is 240 g/mol. The molecule has 0 amide bonds. The van der Waals surface area contributed by atoms with Gasteiger partial charge in [0, 0.05) is 9.75 Å². The Morgan fingerprint density at radius 3 is 2.53 bits per heavy atom. The number of rotatable bonds is 1. The maximum absolute atomic E-state index is 2.39. The molecule has 0 bridgehead atoms. The summed E-state index contributed by atoms with van der Waals surface area (Å²) >= 11 is 1.94. The Kier molecular flexibility index (Phi) is 2.64. The highest BCUT2D eigenvalue weighted by atomic mass is 32.1. The van der Waals surface area contributed by atoms with Gasteiger partial charge in [-0.1, -0.05) is 30.3 Å². The van der Waals surface area contributed by atoms with Crippen molar-refractivity contribution in [3.63, 3.8) is 0 Å². The molecule has 0 atom stereocenters. The van der Waals surface area contributed by atoms with Crippen LogP contribution in [0.5, 0.6) is 0 Å². The number of aryl methyl sites for hydroxylation is 1. The number of thiophene rings is 1. The second kappa shape index (κ2) is 4.15. The molecule has 1 heterocycles. The minimum absolute atomic E-state index is 1.17. The molecule has 0 saturated heterocycles. The minimum atomic E-state index is 1.17. The third kappa shape index (κ3) is 1.85. The van der Waals surface area contributed by atoms with Crippen molar-refractivity contribution in [3.8, 4) is 0 Å². The molecule has 0 spiro atoms. The number of hydrogen-bond donors (Lipinski definition) is 0. The van der Waals surface area contributed by atoms with Crippen molar-refractivity contribution in [2.75, 3.05) is 0 Å². The molecule has 1 aromatic heterocycles. The lowest BCUT2D eigenvalue weighted by atomic mass is 9.91. The van der Waals surface area contributed by atoms with Gasteiger partial charge in [-0.05, 0) is 55.0 Å².